The molecule has 7 nitrogen and oxygen atoms in total. The second-order valence-corrected chi connectivity index (χ2v) is 9.28. The minimum absolute atomic E-state index is 0.182. The fourth-order valence-corrected chi connectivity index (χ4v) is 4.75. The molecule has 4 rings (SSSR count). The summed E-state index contributed by atoms with van der Waals surface area (Å²) in [6.45, 7) is 3.74. The average Bonchev–Trinajstić information content (AvgIpc) is 3.19. The Morgan fingerprint density at radius 3 is 2.90 bits per heavy atom. The number of nitrogens with zero attached hydrogens (tertiary/aromatic N) is 4. The van der Waals surface area contributed by atoms with Crippen molar-refractivity contribution in [1.29, 1.82) is 0 Å². The fraction of sp³-hybridized carbons (Fsp3) is 0.300. The fourth-order valence-electron chi connectivity index (χ4n) is 3.19. The monoisotopic (exact) mass is 432 g/mol. The van der Waals surface area contributed by atoms with E-state index in [0.29, 0.717) is 23.6 Å². The van der Waals surface area contributed by atoms with E-state index in [4.69, 9.17) is 16.3 Å². The first kappa shape index (κ1) is 19.9. The normalized spacial score (nSPS) is 15.3. The molecule has 0 saturated heterocycles. The number of amidine groups is 1. The molecule has 0 atom stereocenters. The summed E-state index contributed by atoms with van der Waals surface area (Å²) in [6.07, 6.45) is 1.79. The summed E-state index contributed by atoms with van der Waals surface area (Å²) in [5.41, 5.74) is 2.24. The zero-order valence-electron chi connectivity index (χ0n) is 16.2. The lowest BCUT2D eigenvalue weighted by Gasteiger charge is -2.21. The third kappa shape index (κ3) is 3.88. The number of fused-ring (bicyclic) bond motifs is 3. The Morgan fingerprint density at radius 2 is 2.10 bits per heavy atom. The third-order valence-corrected chi connectivity index (χ3v) is 7.26. The first-order valence-corrected chi connectivity index (χ1v) is 11.3. The Hall–Kier alpha value is -2.42. The van der Waals surface area contributed by atoms with E-state index in [-0.39, 0.29) is 10.8 Å². The van der Waals surface area contributed by atoms with Crippen molar-refractivity contribution in [1.82, 2.24) is 9.21 Å². The van der Waals surface area contributed by atoms with E-state index in [9.17, 15) is 8.42 Å². The van der Waals surface area contributed by atoms with E-state index in [1.807, 2.05) is 23.1 Å². The van der Waals surface area contributed by atoms with Gasteiger partial charge in [-0.25, -0.2) is 17.7 Å². The van der Waals surface area contributed by atoms with Crippen molar-refractivity contribution >= 4 is 39.5 Å². The molecule has 2 aliphatic rings. The highest BCUT2D eigenvalue weighted by molar-refractivity contribution is 7.88. The van der Waals surface area contributed by atoms with E-state index >= 15 is 0 Å². The van der Waals surface area contributed by atoms with Crippen LogP contribution >= 0.6 is 11.6 Å². The van der Waals surface area contributed by atoms with Gasteiger partial charge < -0.3 is 9.64 Å². The number of hydrogen-bond acceptors (Lipinski definition) is 6. The van der Waals surface area contributed by atoms with Crippen LogP contribution in [0.3, 0.4) is 0 Å². The van der Waals surface area contributed by atoms with E-state index in [1.54, 1.807) is 38.5 Å². The summed E-state index contributed by atoms with van der Waals surface area (Å²) >= 11 is 6.48. The van der Waals surface area contributed by atoms with Crippen LogP contribution < -0.4 is 4.74 Å². The smallest absolute Gasteiger partial charge is 0.218 e. The van der Waals surface area contributed by atoms with Gasteiger partial charge in [-0.15, -0.1) is 0 Å². The van der Waals surface area contributed by atoms with Crippen LogP contribution in [0.1, 0.15) is 18.1 Å². The summed E-state index contributed by atoms with van der Waals surface area (Å²) < 4.78 is 32.1. The Kier molecular flexibility index (Phi) is 5.33. The molecule has 9 heteroatoms. The number of benzene rings is 2. The van der Waals surface area contributed by atoms with Gasteiger partial charge in [-0.3, -0.25) is 4.99 Å². The van der Waals surface area contributed by atoms with Crippen molar-refractivity contribution in [3.05, 3.63) is 52.5 Å². The molecule has 2 aromatic rings. The van der Waals surface area contributed by atoms with Gasteiger partial charge in [-0.1, -0.05) is 30.7 Å². The quantitative estimate of drug-likeness (QED) is 0.698. The van der Waals surface area contributed by atoms with Crippen LogP contribution in [0, 0.1) is 0 Å². The molecule has 0 N–H and O–H groups in total. The zero-order chi connectivity index (χ0) is 20.6. The maximum atomic E-state index is 12.4. The number of hydrogen-bond donors (Lipinski definition) is 0. The van der Waals surface area contributed by atoms with Gasteiger partial charge >= 0.3 is 0 Å². The van der Waals surface area contributed by atoms with Gasteiger partial charge in [-0.2, -0.15) is 0 Å². The van der Waals surface area contributed by atoms with E-state index in [2.05, 4.69) is 9.98 Å². The van der Waals surface area contributed by atoms with Crippen molar-refractivity contribution in [3.8, 4) is 11.5 Å². The highest BCUT2D eigenvalue weighted by Gasteiger charge is 2.24. The molecule has 0 bridgehead atoms. The summed E-state index contributed by atoms with van der Waals surface area (Å²) in [7, 11) is -1.89. The summed E-state index contributed by atoms with van der Waals surface area (Å²) in [5, 5.41) is 0.288. The Balaban J connectivity index is 1.61. The molecule has 0 aromatic heterocycles. The molecule has 2 aliphatic heterocycles. The van der Waals surface area contributed by atoms with Gasteiger partial charge in [0.2, 0.25) is 10.0 Å². The van der Waals surface area contributed by atoms with Crippen molar-refractivity contribution in [2.75, 3.05) is 26.7 Å². The van der Waals surface area contributed by atoms with Crippen LogP contribution in [0.15, 0.2) is 46.4 Å². The Bertz CT molecular complexity index is 1110. The van der Waals surface area contributed by atoms with Gasteiger partial charge in [-0.05, 0) is 29.8 Å². The average molecular weight is 433 g/mol. The predicted molar refractivity (Wildman–Crippen MR) is 115 cm³/mol. The van der Waals surface area contributed by atoms with Crippen LogP contribution in [0.2, 0.25) is 5.02 Å². The van der Waals surface area contributed by atoms with Crippen LogP contribution in [-0.4, -0.2) is 56.5 Å². The molecule has 0 fully saturated rings. The van der Waals surface area contributed by atoms with E-state index < -0.39 is 10.0 Å². The van der Waals surface area contributed by atoms with Crippen molar-refractivity contribution in [2.45, 2.75) is 12.7 Å². The Morgan fingerprint density at radius 1 is 1.28 bits per heavy atom. The second kappa shape index (κ2) is 7.78. The molecule has 0 aliphatic carbocycles. The molecule has 0 amide bonds. The molecule has 2 aromatic carbocycles. The lowest BCUT2D eigenvalue weighted by Crippen LogP contribution is -2.29. The number of aliphatic imine (C=N–C) groups is 2. The van der Waals surface area contributed by atoms with Crippen molar-refractivity contribution in [3.63, 3.8) is 0 Å². The predicted octanol–water partition coefficient (Wildman–Crippen LogP) is 3.65. The van der Waals surface area contributed by atoms with Crippen LogP contribution in [0.4, 0.5) is 5.69 Å². The van der Waals surface area contributed by atoms with Crippen LogP contribution in [-0.2, 0) is 15.8 Å². The molecule has 29 heavy (non-hydrogen) atoms. The highest BCUT2D eigenvalue weighted by Crippen LogP contribution is 2.36. The molecular formula is C20H21ClN4O3S. The minimum Gasteiger partial charge on any atom is -0.456 e. The Labute approximate surface area is 175 Å². The van der Waals surface area contributed by atoms with Crippen molar-refractivity contribution < 1.29 is 13.2 Å². The summed E-state index contributed by atoms with van der Waals surface area (Å²) in [5.74, 6) is 1.69. The number of sulfonamides is 1. The molecular weight excluding hydrogens is 412 g/mol. The largest absolute Gasteiger partial charge is 0.456 e. The summed E-state index contributed by atoms with van der Waals surface area (Å²) in [4.78, 5) is 11.0. The molecule has 152 valence electrons. The minimum atomic E-state index is -3.44. The van der Waals surface area contributed by atoms with Gasteiger partial charge in [0, 0.05) is 25.7 Å². The number of ether oxygens (including phenoxy) is 1. The maximum absolute atomic E-state index is 12.4. The first-order valence-electron chi connectivity index (χ1n) is 9.28. The summed E-state index contributed by atoms with van der Waals surface area (Å²) in [6, 6.07) is 10.7. The lowest BCUT2D eigenvalue weighted by molar-refractivity contribution is 0.480. The molecule has 0 saturated carbocycles. The van der Waals surface area contributed by atoms with E-state index in [1.165, 1.54) is 4.31 Å². The second-order valence-electron chi connectivity index (χ2n) is 6.82. The molecule has 0 spiro atoms. The van der Waals surface area contributed by atoms with Gasteiger partial charge in [0.25, 0.3) is 0 Å². The van der Waals surface area contributed by atoms with Crippen LogP contribution in [0.5, 0.6) is 11.5 Å². The zero-order valence-corrected chi connectivity index (χ0v) is 17.7. The van der Waals surface area contributed by atoms with Crippen molar-refractivity contribution in [2.24, 2.45) is 9.98 Å². The molecule has 0 unspecified atom stereocenters. The molecule has 2 heterocycles. The van der Waals surface area contributed by atoms with Gasteiger partial charge in [0.05, 0.1) is 29.3 Å². The SMILES string of the molecule is CCN(C)S(=O)(=O)Cc1cccc(Oc2ccc3c(c2)C2=NCCN2C=N3)c1Cl. The standard InChI is InChI=1S/C20H21ClN4O3S/c1-3-24(2)29(26,27)12-14-5-4-6-18(19(14)21)28-15-7-8-17-16(11-15)20-22-9-10-25(20)13-23-17/h4-8,11,13H,3,9-10,12H2,1-2H3. The van der Waals surface area contributed by atoms with E-state index in [0.717, 1.165) is 30.2 Å². The van der Waals surface area contributed by atoms with Gasteiger partial charge in [0.1, 0.15) is 17.3 Å². The third-order valence-electron chi connectivity index (χ3n) is 4.95. The topological polar surface area (TPSA) is 74.6 Å². The highest BCUT2D eigenvalue weighted by atomic mass is 35.5. The lowest BCUT2D eigenvalue weighted by atomic mass is 10.1. The number of halogens is 1. The molecule has 0 radical (unpaired) electrons. The van der Waals surface area contributed by atoms with Crippen LogP contribution in [0.25, 0.3) is 0 Å². The maximum Gasteiger partial charge on any atom is 0.218 e. The first-order chi connectivity index (χ1) is 13.9. The van der Waals surface area contributed by atoms with Gasteiger partial charge in [0.15, 0.2) is 0 Å². The number of rotatable bonds is 6.